The van der Waals surface area contributed by atoms with Gasteiger partial charge in [0.1, 0.15) is 0 Å². The maximum absolute atomic E-state index is 11.8. The Balaban J connectivity index is 0.00000162. The van der Waals surface area contributed by atoms with Crippen molar-refractivity contribution in [2.45, 2.75) is 18.8 Å². The lowest BCUT2D eigenvalue weighted by Gasteiger charge is -2.04. The van der Waals surface area contributed by atoms with Crippen LogP contribution in [0.25, 0.3) is 0 Å². The highest BCUT2D eigenvalue weighted by Crippen LogP contribution is 2.47. The van der Waals surface area contributed by atoms with Gasteiger partial charge >= 0.3 is 0 Å². The van der Waals surface area contributed by atoms with Crippen LogP contribution in [-0.4, -0.2) is 19.0 Å². The molecule has 1 aromatic carbocycles. The van der Waals surface area contributed by atoms with Gasteiger partial charge in [-0.3, -0.25) is 4.79 Å². The molecule has 1 aromatic rings. The van der Waals surface area contributed by atoms with E-state index in [-0.39, 0.29) is 24.2 Å². The van der Waals surface area contributed by atoms with Gasteiger partial charge in [0.15, 0.2) is 0 Å². The van der Waals surface area contributed by atoms with E-state index < -0.39 is 0 Å². The van der Waals surface area contributed by atoms with E-state index >= 15 is 0 Å². The van der Waals surface area contributed by atoms with Gasteiger partial charge in [0.25, 0.3) is 0 Å². The van der Waals surface area contributed by atoms with Crippen LogP contribution in [-0.2, 0) is 4.79 Å². The average Bonchev–Trinajstić information content (AvgIpc) is 3.09. The van der Waals surface area contributed by atoms with E-state index in [9.17, 15) is 4.79 Å². The number of carbonyl (C=O) groups excluding carboxylic acids is 1. The summed E-state index contributed by atoms with van der Waals surface area (Å²) in [6, 6.07) is 8.20. The second-order valence-electron chi connectivity index (χ2n) is 4.44. The maximum Gasteiger partial charge on any atom is 0.223 e. The average molecular weight is 334 g/mol. The predicted octanol–water partition coefficient (Wildman–Crippen LogP) is 2.44. The smallest absolute Gasteiger partial charge is 0.223 e. The molecule has 18 heavy (non-hydrogen) atoms. The number of hydrogen-bond donors (Lipinski definition) is 2. The van der Waals surface area contributed by atoms with E-state index in [4.69, 9.17) is 5.73 Å². The summed E-state index contributed by atoms with van der Waals surface area (Å²) in [5.74, 6) is 0.718. The lowest BCUT2D eigenvalue weighted by molar-refractivity contribution is -0.122. The fraction of sp³-hybridized carbons (Fsp3) is 0.462. The summed E-state index contributed by atoms with van der Waals surface area (Å²) in [5, 5.41) is 2.93. The molecule has 3 N–H and O–H groups in total. The summed E-state index contributed by atoms with van der Waals surface area (Å²) in [5.41, 5.74) is 6.63. The minimum Gasteiger partial charge on any atom is -0.356 e. The summed E-state index contributed by atoms with van der Waals surface area (Å²) in [6.45, 7) is 1.32. The van der Waals surface area contributed by atoms with Crippen molar-refractivity contribution in [2.24, 2.45) is 11.7 Å². The standard InChI is InChI=1S/C13H17BrN2O.ClH/c14-10-4-1-3-9(7-10)11-8-12(11)13(17)16-6-2-5-15;/h1,3-4,7,11-12H,2,5-6,8,15H2,(H,16,17);1H. The third-order valence-corrected chi connectivity index (χ3v) is 3.58. The summed E-state index contributed by atoms with van der Waals surface area (Å²) in [6.07, 6.45) is 1.81. The van der Waals surface area contributed by atoms with Crippen molar-refractivity contribution in [2.75, 3.05) is 13.1 Å². The van der Waals surface area contributed by atoms with Crippen LogP contribution in [0.3, 0.4) is 0 Å². The topological polar surface area (TPSA) is 55.1 Å². The third-order valence-electron chi connectivity index (χ3n) is 3.08. The van der Waals surface area contributed by atoms with Gasteiger partial charge in [-0.1, -0.05) is 28.1 Å². The predicted molar refractivity (Wildman–Crippen MR) is 78.9 cm³/mol. The normalized spacial score (nSPS) is 21.0. The van der Waals surface area contributed by atoms with Gasteiger partial charge < -0.3 is 11.1 Å². The fourth-order valence-corrected chi connectivity index (χ4v) is 2.45. The number of nitrogens with two attached hydrogens (primary N) is 1. The quantitative estimate of drug-likeness (QED) is 0.813. The minimum absolute atomic E-state index is 0. The summed E-state index contributed by atoms with van der Waals surface area (Å²) in [4.78, 5) is 11.8. The Kier molecular flexibility index (Phi) is 6.12. The molecule has 0 bridgehead atoms. The molecule has 0 aromatic heterocycles. The molecule has 0 spiro atoms. The Labute approximate surface area is 122 Å². The lowest BCUT2D eigenvalue weighted by atomic mass is 10.1. The van der Waals surface area contributed by atoms with Crippen molar-refractivity contribution in [1.29, 1.82) is 0 Å². The first-order valence-electron chi connectivity index (χ1n) is 5.95. The van der Waals surface area contributed by atoms with Crippen LogP contribution < -0.4 is 11.1 Å². The van der Waals surface area contributed by atoms with Gasteiger partial charge in [-0.15, -0.1) is 12.4 Å². The monoisotopic (exact) mass is 332 g/mol. The zero-order valence-electron chi connectivity index (χ0n) is 10.1. The Morgan fingerprint density at radius 2 is 2.28 bits per heavy atom. The van der Waals surface area contributed by atoms with Crippen LogP contribution in [0.2, 0.25) is 0 Å². The van der Waals surface area contributed by atoms with Crippen molar-refractivity contribution in [3.8, 4) is 0 Å². The van der Waals surface area contributed by atoms with E-state index in [1.54, 1.807) is 0 Å². The van der Waals surface area contributed by atoms with Gasteiger partial charge in [-0.2, -0.15) is 0 Å². The molecule has 0 saturated heterocycles. The number of hydrogen-bond acceptors (Lipinski definition) is 2. The van der Waals surface area contributed by atoms with E-state index in [1.165, 1.54) is 5.56 Å². The van der Waals surface area contributed by atoms with Crippen molar-refractivity contribution in [3.63, 3.8) is 0 Å². The summed E-state index contributed by atoms with van der Waals surface area (Å²) in [7, 11) is 0. The molecule has 0 radical (unpaired) electrons. The second kappa shape index (κ2) is 7.12. The van der Waals surface area contributed by atoms with E-state index in [0.29, 0.717) is 19.0 Å². The maximum atomic E-state index is 11.8. The van der Waals surface area contributed by atoms with Crippen molar-refractivity contribution >= 4 is 34.2 Å². The molecular weight excluding hydrogens is 316 g/mol. The molecule has 1 amide bonds. The molecule has 1 saturated carbocycles. The van der Waals surface area contributed by atoms with Crippen LogP contribution in [0, 0.1) is 5.92 Å². The molecule has 100 valence electrons. The molecule has 1 aliphatic rings. The molecule has 2 rings (SSSR count). The molecule has 3 nitrogen and oxygen atoms in total. The number of rotatable bonds is 5. The van der Waals surface area contributed by atoms with Crippen LogP contribution in [0.1, 0.15) is 24.3 Å². The van der Waals surface area contributed by atoms with Crippen molar-refractivity contribution in [1.82, 2.24) is 5.32 Å². The molecule has 2 unspecified atom stereocenters. The van der Waals surface area contributed by atoms with Gasteiger partial charge in [0.2, 0.25) is 5.91 Å². The van der Waals surface area contributed by atoms with Crippen molar-refractivity contribution in [3.05, 3.63) is 34.3 Å². The molecule has 1 fully saturated rings. The molecular formula is C13H18BrClN2O. The molecule has 2 atom stereocenters. The zero-order valence-corrected chi connectivity index (χ0v) is 12.5. The lowest BCUT2D eigenvalue weighted by Crippen LogP contribution is -2.27. The Morgan fingerprint density at radius 1 is 1.50 bits per heavy atom. The number of carbonyl (C=O) groups is 1. The highest BCUT2D eigenvalue weighted by Gasteiger charge is 2.43. The Morgan fingerprint density at radius 3 is 2.94 bits per heavy atom. The van der Waals surface area contributed by atoms with Gasteiger partial charge in [0.05, 0.1) is 0 Å². The second-order valence-corrected chi connectivity index (χ2v) is 5.35. The van der Waals surface area contributed by atoms with Gasteiger partial charge in [-0.25, -0.2) is 0 Å². The largest absolute Gasteiger partial charge is 0.356 e. The van der Waals surface area contributed by atoms with Crippen LogP contribution in [0.5, 0.6) is 0 Å². The Bertz CT molecular complexity index is 414. The van der Waals surface area contributed by atoms with E-state index in [1.807, 2.05) is 12.1 Å². The number of amides is 1. The Hall–Kier alpha value is -0.580. The summed E-state index contributed by atoms with van der Waals surface area (Å²) >= 11 is 3.45. The van der Waals surface area contributed by atoms with Crippen LogP contribution in [0.15, 0.2) is 28.7 Å². The highest BCUT2D eigenvalue weighted by atomic mass is 79.9. The fourth-order valence-electron chi connectivity index (χ4n) is 2.04. The van der Waals surface area contributed by atoms with E-state index in [0.717, 1.165) is 17.3 Å². The molecule has 0 heterocycles. The third kappa shape index (κ3) is 3.97. The van der Waals surface area contributed by atoms with Crippen LogP contribution in [0.4, 0.5) is 0 Å². The number of benzene rings is 1. The molecule has 1 aliphatic carbocycles. The van der Waals surface area contributed by atoms with Gasteiger partial charge in [-0.05, 0) is 43.0 Å². The SMILES string of the molecule is Cl.NCCCNC(=O)C1CC1c1cccc(Br)c1. The summed E-state index contributed by atoms with van der Waals surface area (Å²) < 4.78 is 1.07. The molecule has 5 heteroatoms. The minimum atomic E-state index is 0. The highest BCUT2D eigenvalue weighted by molar-refractivity contribution is 9.10. The zero-order chi connectivity index (χ0) is 12.3. The number of nitrogens with one attached hydrogen (secondary N) is 1. The first kappa shape index (κ1) is 15.5. The number of halogens is 2. The van der Waals surface area contributed by atoms with Gasteiger partial charge in [0, 0.05) is 16.9 Å². The van der Waals surface area contributed by atoms with Crippen LogP contribution >= 0.6 is 28.3 Å². The first-order valence-corrected chi connectivity index (χ1v) is 6.75. The van der Waals surface area contributed by atoms with E-state index in [2.05, 4.69) is 33.4 Å². The molecule has 0 aliphatic heterocycles. The first-order chi connectivity index (χ1) is 8.22. The van der Waals surface area contributed by atoms with Crippen molar-refractivity contribution < 1.29 is 4.79 Å².